The SMILES string of the molecule is C/C=C/C(/C=C\CCCCCCC)OC(C)=O. The van der Waals surface area contributed by atoms with E-state index >= 15 is 0 Å². The fourth-order valence-corrected chi connectivity index (χ4v) is 1.62. The van der Waals surface area contributed by atoms with Crippen LogP contribution in [-0.4, -0.2) is 12.1 Å². The minimum atomic E-state index is -0.235. The molecule has 0 radical (unpaired) electrons. The van der Waals surface area contributed by atoms with Crippen LogP contribution in [0.3, 0.4) is 0 Å². The summed E-state index contributed by atoms with van der Waals surface area (Å²) >= 11 is 0. The molecule has 0 saturated heterocycles. The topological polar surface area (TPSA) is 26.3 Å². The van der Waals surface area contributed by atoms with E-state index in [4.69, 9.17) is 4.74 Å². The lowest BCUT2D eigenvalue weighted by atomic mass is 10.1. The van der Waals surface area contributed by atoms with E-state index in [-0.39, 0.29) is 12.1 Å². The Morgan fingerprint density at radius 2 is 1.88 bits per heavy atom. The van der Waals surface area contributed by atoms with Gasteiger partial charge in [0.25, 0.3) is 0 Å². The first-order valence-corrected chi connectivity index (χ1v) is 6.67. The molecular weight excluding hydrogens is 212 g/mol. The van der Waals surface area contributed by atoms with Crippen LogP contribution in [0.25, 0.3) is 0 Å². The van der Waals surface area contributed by atoms with Crippen molar-refractivity contribution in [3.05, 3.63) is 24.3 Å². The standard InChI is InChI=1S/C15H26O2/c1-4-6-7-8-9-10-11-13-15(12-5-2)17-14(3)16/h5,11-13,15H,4,6-10H2,1-3H3/b12-5+,13-11-. The van der Waals surface area contributed by atoms with Crippen molar-refractivity contribution in [1.29, 1.82) is 0 Å². The van der Waals surface area contributed by atoms with E-state index < -0.39 is 0 Å². The molecule has 0 aromatic carbocycles. The van der Waals surface area contributed by atoms with Gasteiger partial charge in [0.2, 0.25) is 0 Å². The molecule has 98 valence electrons. The Labute approximate surface area is 106 Å². The Morgan fingerprint density at radius 1 is 1.18 bits per heavy atom. The zero-order valence-corrected chi connectivity index (χ0v) is 11.4. The highest BCUT2D eigenvalue weighted by Gasteiger charge is 2.01. The number of esters is 1. The Bertz CT molecular complexity index is 241. The first-order chi connectivity index (χ1) is 8.20. The predicted molar refractivity (Wildman–Crippen MR) is 72.9 cm³/mol. The molecule has 0 bridgehead atoms. The molecule has 0 aliphatic rings. The zero-order chi connectivity index (χ0) is 12.9. The summed E-state index contributed by atoms with van der Waals surface area (Å²) in [6.45, 7) is 5.59. The molecule has 2 nitrogen and oxygen atoms in total. The number of hydrogen-bond acceptors (Lipinski definition) is 2. The zero-order valence-electron chi connectivity index (χ0n) is 11.4. The molecule has 0 aliphatic carbocycles. The van der Waals surface area contributed by atoms with Crippen molar-refractivity contribution in [2.45, 2.75) is 65.4 Å². The average Bonchev–Trinajstić information content (AvgIpc) is 2.27. The van der Waals surface area contributed by atoms with Crippen LogP contribution in [0.4, 0.5) is 0 Å². The summed E-state index contributed by atoms with van der Waals surface area (Å²) in [4.78, 5) is 10.8. The van der Waals surface area contributed by atoms with Crippen LogP contribution in [0.15, 0.2) is 24.3 Å². The number of rotatable bonds is 9. The van der Waals surface area contributed by atoms with Gasteiger partial charge in [0, 0.05) is 6.92 Å². The van der Waals surface area contributed by atoms with E-state index in [2.05, 4.69) is 13.0 Å². The van der Waals surface area contributed by atoms with E-state index in [1.165, 1.54) is 39.0 Å². The van der Waals surface area contributed by atoms with Crippen LogP contribution in [0.5, 0.6) is 0 Å². The van der Waals surface area contributed by atoms with Gasteiger partial charge in [0.15, 0.2) is 0 Å². The summed E-state index contributed by atoms with van der Waals surface area (Å²) in [6.07, 6.45) is 15.2. The van der Waals surface area contributed by atoms with Gasteiger partial charge in [-0.25, -0.2) is 0 Å². The molecule has 0 saturated carbocycles. The Hall–Kier alpha value is -1.05. The van der Waals surface area contributed by atoms with Crippen molar-refractivity contribution >= 4 is 5.97 Å². The molecule has 0 fully saturated rings. The lowest BCUT2D eigenvalue weighted by Crippen LogP contribution is -2.10. The highest BCUT2D eigenvalue weighted by atomic mass is 16.5. The molecule has 2 heteroatoms. The van der Waals surface area contributed by atoms with Crippen molar-refractivity contribution < 1.29 is 9.53 Å². The summed E-state index contributed by atoms with van der Waals surface area (Å²) in [6, 6.07) is 0. The van der Waals surface area contributed by atoms with Gasteiger partial charge in [-0.15, -0.1) is 0 Å². The molecule has 0 aliphatic heterocycles. The van der Waals surface area contributed by atoms with Crippen LogP contribution in [0.1, 0.15) is 59.3 Å². The van der Waals surface area contributed by atoms with Crippen LogP contribution in [-0.2, 0) is 9.53 Å². The molecular formula is C15H26O2. The fourth-order valence-electron chi connectivity index (χ4n) is 1.62. The van der Waals surface area contributed by atoms with Crippen LogP contribution in [0.2, 0.25) is 0 Å². The minimum absolute atomic E-state index is 0.201. The van der Waals surface area contributed by atoms with Crippen molar-refractivity contribution in [2.24, 2.45) is 0 Å². The third-order valence-electron chi connectivity index (χ3n) is 2.48. The van der Waals surface area contributed by atoms with E-state index in [1.807, 2.05) is 25.2 Å². The molecule has 0 N–H and O–H groups in total. The van der Waals surface area contributed by atoms with Gasteiger partial charge < -0.3 is 4.74 Å². The molecule has 0 aromatic rings. The second-order valence-corrected chi connectivity index (χ2v) is 4.23. The lowest BCUT2D eigenvalue weighted by molar-refractivity contribution is -0.142. The molecule has 0 heterocycles. The van der Waals surface area contributed by atoms with Gasteiger partial charge >= 0.3 is 5.97 Å². The Kier molecular flexibility index (Phi) is 10.7. The predicted octanol–water partition coefficient (Wildman–Crippen LogP) is 4.41. The van der Waals surface area contributed by atoms with Gasteiger partial charge in [-0.3, -0.25) is 4.79 Å². The van der Waals surface area contributed by atoms with Crippen LogP contribution in [0, 0.1) is 0 Å². The summed E-state index contributed by atoms with van der Waals surface area (Å²) in [5.74, 6) is -0.235. The number of carbonyl (C=O) groups is 1. The summed E-state index contributed by atoms with van der Waals surface area (Å²) in [5, 5.41) is 0. The van der Waals surface area contributed by atoms with E-state index in [9.17, 15) is 4.79 Å². The molecule has 1 atom stereocenters. The van der Waals surface area contributed by atoms with Gasteiger partial charge in [-0.2, -0.15) is 0 Å². The third kappa shape index (κ3) is 11.2. The number of unbranched alkanes of at least 4 members (excludes halogenated alkanes) is 5. The van der Waals surface area contributed by atoms with Gasteiger partial charge in [0.1, 0.15) is 6.10 Å². The summed E-state index contributed by atoms with van der Waals surface area (Å²) in [7, 11) is 0. The minimum Gasteiger partial charge on any atom is -0.454 e. The summed E-state index contributed by atoms with van der Waals surface area (Å²) in [5.41, 5.74) is 0. The first-order valence-electron chi connectivity index (χ1n) is 6.67. The van der Waals surface area contributed by atoms with Crippen molar-refractivity contribution in [2.75, 3.05) is 0 Å². The third-order valence-corrected chi connectivity index (χ3v) is 2.48. The van der Waals surface area contributed by atoms with Gasteiger partial charge in [-0.05, 0) is 31.9 Å². The molecule has 0 aromatic heterocycles. The fraction of sp³-hybridized carbons (Fsp3) is 0.667. The number of hydrogen-bond donors (Lipinski definition) is 0. The van der Waals surface area contributed by atoms with E-state index in [0.29, 0.717) is 0 Å². The molecule has 0 rings (SSSR count). The number of carbonyl (C=O) groups excluding carboxylic acids is 1. The molecule has 0 amide bonds. The smallest absolute Gasteiger partial charge is 0.303 e. The van der Waals surface area contributed by atoms with Crippen molar-refractivity contribution in [3.8, 4) is 0 Å². The second-order valence-electron chi connectivity index (χ2n) is 4.23. The first kappa shape index (κ1) is 16.0. The van der Waals surface area contributed by atoms with Crippen LogP contribution < -0.4 is 0 Å². The Balaban J connectivity index is 3.73. The monoisotopic (exact) mass is 238 g/mol. The molecule has 1 unspecified atom stereocenters. The molecule has 0 spiro atoms. The van der Waals surface area contributed by atoms with Gasteiger partial charge in [0.05, 0.1) is 0 Å². The van der Waals surface area contributed by atoms with Crippen molar-refractivity contribution in [3.63, 3.8) is 0 Å². The number of ether oxygens (including phenoxy) is 1. The Morgan fingerprint density at radius 3 is 2.47 bits per heavy atom. The maximum absolute atomic E-state index is 10.8. The largest absolute Gasteiger partial charge is 0.454 e. The highest BCUT2D eigenvalue weighted by molar-refractivity contribution is 5.66. The second kappa shape index (κ2) is 11.4. The summed E-state index contributed by atoms with van der Waals surface area (Å²) < 4.78 is 5.12. The normalized spacial score (nSPS) is 13.4. The van der Waals surface area contributed by atoms with E-state index in [1.54, 1.807) is 0 Å². The maximum Gasteiger partial charge on any atom is 0.303 e. The molecule has 17 heavy (non-hydrogen) atoms. The quantitative estimate of drug-likeness (QED) is 0.338. The van der Waals surface area contributed by atoms with E-state index in [0.717, 1.165) is 6.42 Å². The van der Waals surface area contributed by atoms with Gasteiger partial charge in [-0.1, -0.05) is 44.8 Å². The van der Waals surface area contributed by atoms with Crippen LogP contribution >= 0.6 is 0 Å². The maximum atomic E-state index is 10.8. The van der Waals surface area contributed by atoms with Crippen molar-refractivity contribution in [1.82, 2.24) is 0 Å². The number of allylic oxidation sites excluding steroid dienone is 2. The lowest BCUT2D eigenvalue weighted by Gasteiger charge is -2.07. The average molecular weight is 238 g/mol. The highest BCUT2D eigenvalue weighted by Crippen LogP contribution is 2.06.